The lowest BCUT2D eigenvalue weighted by Crippen LogP contribution is -2.45. The number of rotatable bonds is 10. The van der Waals surface area contributed by atoms with Crippen LogP contribution < -0.4 is 15.4 Å². The van der Waals surface area contributed by atoms with Crippen molar-refractivity contribution in [2.45, 2.75) is 64.5 Å². The number of unbranched alkanes of at least 4 members (excludes halogenated alkanes) is 2. The molecule has 7 heteroatoms. The van der Waals surface area contributed by atoms with E-state index < -0.39 is 17.5 Å². The molecule has 0 aromatic heterocycles. The summed E-state index contributed by atoms with van der Waals surface area (Å²) in [4.78, 5) is 38.9. The van der Waals surface area contributed by atoms with E-state index in [1.165, 1.54) is 0 Å². The number of benzene rings is 1. The molecule has 7 nitrogen and oxygen atoms in total. The highest BCUT2D eigenvalue weighted by Crippen LogP contribution is 2.33. The smallest absolute Gasteiger partial charge is 0.325 e. The molecule has 0 aliphatic carbocycles. The van der Waals surface area contributed by atoms with Gasteiger partial charge in [-0.15, -0.1) is 0 Å². The van der Waals surface area contributed by atoms with Gasteiger partial charge in [-0.3, -0.25) is 14.5 Å². The molecule has 1 aromatic carbocycles. The van der Waals surface area contributed by atoms with Crippen LogP contribution in [0.3, 0.4) is 0 Å². The number of carbonyl (C=O) groups is 3. The van der Waals surface area contributed by atoms with Crippen molar-refractivity contribution in [3.8, 4) is 5.75 Å². The molecule has 28 heavy (non-hydrogen) atoms. The lowest BCUT2D eigenvalue weighted by molar-refractivity contribution is -0.135. The number of nitrogens with zero attached hydrogens (tertiary/aromatic N) is 1. The monoisotopic (exact) mass is 389 g/mol. The Labute approximate surface area is 166 Å². The first kappa shape index (κ1) is 21.7. The predicted octanol–water partition coefficient (Wildman–Crippen LogP) is 2.94. The van der Waals surface area contributed by atoms with Crippen LogP contribution >= 0.6 is 0 Å². The molecule has 1 aliphatic rings. The molecular weight excluding hydrogens is 358 g/mol. The number of imide groups is 1. The molecule has 0 saturated carbocycles. The first-order valence-electron chi connectivity index (χ1n) is 9.96. The minimum absolute atomic E-state index is 0.0114. The van der Waals surface area contributed by atoms with Crippen molar-refractivity contribution < 1.29 is 19.1 Å². The molecule has 1 fully saturated rings. The molecule has 2 N–H and O–H groups in total. The van der Waals surface area contributed by atoms with Crippen molar-refractivity contribution in [2.24, 2.45) is 0 Å². The second-order valence-electron chi connectivity index (χ2n) is 7.27. The van der Waals surface area contributed by atoms with Crippen molar-refractivity contribution in [2.75, 3.05) is 13.7 Å². The summed E-state index contributed by atoms with van der Waals surface area (Å²) in [5.74, 6) is -0.0619. The molecule has 0 unspecified atom stereocenters. The number of nitrogens with one attached hydrogen (secondary N) is 2. The van der Waals surface area contributed by atoms with Crippen molar-refractivity contribution in [1.82, 2.24) is 15.5 Å². The van der Waals surface area contributed by atoms with Gasteiger partial charge in [0.2, 0.25) is 5.91 Å². The fourth-order valence-electron chi connectivity index (χ4n) is 3.52. The van der Waals surface area contributed by atoms with E-state index in [1.54, 1.807) is 31.4 Å². The summed E-state index contributed by atoms with van der Waals surface area (Å²) >= 11 is 0. The Morgan fingerprint density at radius 2 is 1.89 bits per heavy atom. The van der Waals surface area contributed by atoms with E-state index >= 15 is 0 Å². The van der Waals surface area contributed by atoms with Crippen LogP contribution in [0, 0.1) is 0 Å². The minimum Gasteiger partial charge on any atom is -0.497 e. The molecule has 154 valence electrons. The molecular formula is C21H31N3O4. The number of carbonyl (C=O) groups excluding carboxylic acids is 3. The highest BCUT2D eigenvalue weighted by atomic mass is 16.5. The third kappa shape index (κ3) is 4.64. The summed E-state index contributed by atoms with van der Waals surface area (Å²) in [6.45, 7) is 5.62. The van der Waals surface area contributed by atoms with E-state index in [0.717, 1.165) is 30.6 Å². The molecule has 2 atom stereocenters. The van der Waals surface area contributed by atoms with E-state index in [9.17, 15) is 14.4 Å². The molecule has 0 radical (unpaired) electrons. The second kappa shape index (κ2) is 9.57. The van der Waals surface area contributed by atoms with Crippen molar-refractivity contribution in [3.05, 3.63) is 29.8 Å². The van der Waals surface area contributed by atoms with Gasteiger partial charge in [0.1, 0.15) is 17.8 Å². The predicted molar refractivity (Wildman–Crippen MR) is 107 cm³/mol. The lowest BCUT2D eigenvalue weighted by Gasteiger charge is -2.26. The Bertz CT molecular complexity index is 704. The van der Waals surface area contributed by atoms with Gasteiger partial charge in [-0.25, -0.2) is 4.79 Å². The van der Waals surface area contributed by atoms with Crippen LogP contribution in [0.1, 0.15) is 58.4 Å². The molecule has 4 amide bonds. The van der Waals surface area contributed by atoms with Crippen molar-refractivity contribution in [1.29, 1.82) is 0 Å². The average molecular weight is 389 g/mol. The Balaban J connectivity index is 2.07. The number of urea groups is 1. The Morgan fingerprint density at radius 1 is 1.21 bits per heavy atom. The van der Waals surface area contributed by atoms with E-state index in [2.05, 4.69) is 17.6 Å². The van der Waals surface area contributed by atoms with Gasteiger partial charge in [0, 0.05) is 6.04 Å². The normalized spacial score (nSPS) is 20.1. The molecule has 1 saturated heterocycles. The standard InChI is InChI=1S/C21H31N3O4/c1-5-7-8-9-15(3)22-18(25)14-24-19(26)21(6-2,23-20(24)27)16-10-12-17(28-4)13-11-16/h10-13,15H,5-9,14H2,1-4H3,(H,22,25)(H,23,27)/t15-,21-/m1/s1. The van der Waals surface area contributed by atoms with Crippen molar-refractivity contribution in [3.63, 3.8) is 0 Å². The molecule has 0 bridgehead atoms. The Kier molecular flexibility index (Phi) is 7.43. The fourth-order valence-corrected chi connectivity index (χ4v) is 3.52. The first-order chi connectivity index (χ1) is 13.4. The SMILES string of the molecule is CCCCC[C@@H](C)NC(=O)CN1C(=O)N[C@](CC)(c2ccc(OC)cc2)C1=O. The van der Waals surface area contributed by atoms with Gasteiger partial charge < -0.3 is 15.4 Å². The lowest BCUT2D eigenvalue weighted by atomic mass is 9.87. The van der Waals surface area contributed by atoms with Crippen LogP contribution in [0.5, 0.6) is 5.75 Å². The third-order valence-corrected chi connectivity index (χ3v) is 5.24. The van der Waals surface area contributed by atoms with Crippen LogP contribution in [0.15, 0.2) is 24.3 Å². The largest absolute Gasteiger partial charge is 0.497 e. The summed E-state index contributed by atoms with van der Waals surface area (Å²) in [5.41, 5.74) is -0.485. The molecule has 1 heterocycles. The van der Waals surface area contributed by atoms with Crippen LogP contribution in [-0.4, -0.2) is 42.4 Å². The number of amides is 4. The summed E-state index contributed by atoms with van der Waals surface area (Å²) in [6, 6.07) is 6.49. The third-order valence-electron chi connectivity index (χ3n) is 5.24. The van der Waals surface area contributed by atoms with Gasteiger partial charge in [0.05, 0.1) is 7.11 Å². The average Bonchev–Trinajstić information content (AvgIpc) is 2.93. The maximum Gasteiger partial charge on any atom is 0.325 e. The maximum absolute atomic E-state index is 13.1. The molecule has 1 aromatic rings. The highest BCUT2D eigenvalue weighted by Gasteiger charge is 2.51. The number of hydrogen-bond acceptors (Lipinski definition) is 4. The maximum atomic E-state index is 13.1. The van der Waals surface area contributed by atoms with Gasteiger partial charge in [-0.05, 0) is 37.5 Å². The quantitative estimate of drug-likeness (QED) is 0.476. The number of ether oxygens (including phenoxy) is 1. The van der Waals surface area contributed by atoms with Gasteiger partial charge >= 0.3 is 6.03 Å². The highest BCUT2D eigenvalue weighted by molar-refractivity contribution is 6.09. The zero-order valence-corrected chi connectivity index (χ0v) is 17.2. The number of hydrogen-bond donors (Lipinski definition) is 2. The molecule has 1 aliphatic heterocycles. The zero-order valence-electron chi connectivity index (χ0n) is 17.2. The molecule has 2 rings (SSSR count). The van der Waals surface area contributed by atoms with Gasteiger partial charge in [-0.1, -0.05) is 45.2 Å². The summed E-state index contributed by atoms with van der Waals surface area (Å²) < 4.78 is 5.16. The Morgan fingerprint density at radius 3 is 2.46 bits per heavy atom. The Hall–Kier alpha value is -2.57. The molecule has 0 spiro atoms. The minimum atomic E-state index is -1.16. The van der Waals surface area contributed by atoms with Crippen molar-refractivity contribution >= 4 is 17.8 Å². The fraction of sp³-hybridized carbons (Fsp3) is 0.571. The number of methoxy groups -OCH3 is 1. The van der Waals surface area contributed by atoms with E-state index in [0.29, 0.717) is 17.7 Å². The first-order valence-corrected chi connectivity index (χ1v) is 9.96. The van der Waals surface area contributed by atoms with Crippen LogP contribution in [0.25, 0.3) is 0 Å². The van der Waals surface area contributed by atoms with Gasteiger partial charge in [0.25, 0.3) is 5.91 Å². The van der Waals surface area contributed by atoms with E-state index in [1.807, 2.05) is 13.8 Å². The van der Waals surface area contributed by atoms with Crippen LogP contribution in [0.4, 0.5) is 4.79 Å². The second-order valence-corrected chi connectivity index (χ2v) is 7.27. The van der Waals surface area contributed by atoms with Crippen LogP contribution in [0.2, 0.25) is 0 Å². The summed E-state index contributed by atoms with van der Waals surface area (Å²) in [6.07, 6.45) is 4.54. The summed E-state index contributed by atoms with van der Waals surface area (Å²) in [7, 11) is 1.57. The zero-order chi connectivity index (χ0) is 20.7. The summed E-state index contributed by atoms with van der Waals surface area (Å²) in [5, 5.41) is 5.67. The van der Waals surface area contributed by atoms with E-state index in [-0.39, 0.29) is 18.5 Å². The van der Waals surface area contributed by atoms with Gasteiger partial charge in [-0.2, -0.15) is 0 Å². The van der Waals surface area contributed by atoms with Crippen LogP contribution in [-0.2, 0) is 15.1 Å². The topological polar surface area (TPSA) is 87.7 Å². The van der Waals surface area contributed by atoms with Gasteiger partial charge in [0.15, 0.2) is 0 Å². The van der Waals surface area contributed by atoms with E-state index in [4.69, 9.17) is 4.74 Å².